The molecule has 1 aliphatic heterocycles. The maximum absolute atomic E-state index is 13.3. The molecule has 0 aliphatic carbocycles. The van der Waals surface area contributed by atoms with Gasteiger partial charge in [0.1, 0.15) is 5.82 Å². The summed E-state index contributed by atoms with van der Waals surface area (Å²) >= 11 is 0. The van der Waals surface area contributed by atoms with Crippen LogP contribution in [0.4, 0.5) is 4.39 Å². The molecular weight excluding hydrogens is 333 g/mol. The second-order valence-corrected chi connectivity index (χ2v) is 5.94. The van der Waals surface area contributed by atoms with E-state index < -0.39 is 5.82 Å². The first-order chi connectivity index (χ1) is 11.0. The number of rotatable bonds is 4. The molecule has 1 aromatic carbocycles. The number of nitrogens with zero attached hydrogens (tertiary/aromatic N) is 2. The summed E-state index contributed by atoms with van der Waals surface area (Å²) in [5.41, 5.74) is 0.355. The Hall–Kier alpha value is -1.66. The van der Waals surface area contributed by atoms with Gasteiger partial charge in [-0.05, 0) is 31.7 Å². The van der Waals surface area contributed by atoms with Crippen LogP contribution in [0.25, 0.3) is 0 Å². The molecule has 5 nitrogen and oxygen atoms in total. The fourth-order valence-electron chi connectivity index (χ4n) is 2.85. The van der Waals surface area contributed by atoms with E-state index in [1.54, 1.807) is 11.0 Å². The molecule has 1 N–H and O–H groups in total. The predicted molar refractivity (Wildman–Crippen MR) is 93.8 cm³/mol. The van der Waals surface area contributed by atoms with Crippen molar-refractivity contribution in [3.8, 4) is 0 Å². The number of hydrogen-bond acceptors (Lipinski definition) is 3. The van der Waals surface area contributed by atoms with E-state index in [1.807, 2.05) is 18.9 Å². The van der Waals surface area contributed by atoms with Crippen LogP contribution in [-0.2, 0) is 4.79 Å². The topological polar surface area (TPSA) is 52.7 Å². The summed E-state index contributed by atoms with van der Waals surface area (Å²) in [5, 5.41) is 3.01. The summed E-state index contributed by atoms with van der Waals surface area (Å²) in [6.07, 6.45) is 0.735. The Morgan fingerprint density at radius 2 is 1.88 bits per heavy atom. The van der Waals surface area contributed by atoms with Crippen LogP contribution in [0, 0.1) is 11.7 Å². The van der Waals surface area contributed by atoms with Crippen molar-refractivity contribution < 1.29 is 14.0 Å². The highest BCUT2D eigenvalue weighted by Gasteiger charge is 2.25. The lowest BCUT2D eigenvalue weighted by molar-refractivity contribution is -0.134. The van der Waals surface area contributed by atoms with E-state index >= 15 is 0 Å². The maximum Gasteiger partial charge on any atom is 0.254 e. The highest BCUT2D eigenvalue weighted by atomic mass is 35.5. The molecular formula is C17H25ClFN3O2. The molecule has 2 amide bonds. The lowest BCUT2D eigenvalue weighted by Gasteiger charge is -2.24. The molecule has 1 atom stereocenters. The number of benzene rings is 1. The molecule has 0 saturated carbocycles. The van der Waals surface area contributed by atoms with Gasteiger partial charge < -0.3 is 15.1 Å². The summed E-state index contributed by atoms with van der Waals surface area (Å²) in [6, 6.07) is 5.73. The normalized spacial score (nSPS) is 16.1. The number of carbonyl (C=O) groups is 2. The van der Waals surface area contributed by atoms with Gasteiger partial charge in [0.25, 0.3) is 5.91 Å². The Morgan fingerprint density at radius 1 is 1.21 bits per heavy atom. The Labute approximate surface area is 148 Å². The van der Waals surface area contributed by atoms with E-state index in [0.717, 1.165) is 6.42 Å². The fraction of sp³-hybridized carbons (Fsp3) is 0.529. The zero-order valence-electron chi connectivity index (χ0n) is 14.1. The molecule has 2 rings (SSSR count). The van der Waals surface area contributed by atoms with Gasteiger partial charge in [-0.3, -0.25) is 9.59 Å². The van der Waals surface area contributed by atoms with Gasteiger partial charge in [0.15, 0.2) is 0 Å². The molecule has 1 heterocycles. The number of amides is 2. The first-order valence-electron chi connectivity index (χ1n) is 8.01. The van der Waals surface area contributed by atoms with Crippen molar-refractivity contribution in [2.45, 2.75) is 13.3 Å². The van der Waals surface area contributed by atoms with Gasteiger partial charge >= 0.3 is 0 Å². The number of carbonyl (C=O) groups excluding carboxylic acids is 2. The lowest BCUT2D eigenvalue weighted by atomic mass is 10.1. The van der Waals surface area contributed by atoms with Gasteiger partial charge in [-0.1, -0.05) is 13.0 Å². The van der Waals surface area contributed by atoms with E-state index in [2.05, 4.69) is 5.32 Å². The van der Waals surface area contributed by atoms with Crippen molar-refractivity contribution in [3.05, 3.63) is 35.6 Å². The lowest BCUT2D eigenvalue weighted by Crippen LogP contribution is -2.41. The van der Waals surface area contributed by atoms with Crippen LogP contribution in [-0.4, -0.2) is 61.4 Å². The third-order valence-corrected chi connectivity index (χ3v) is 4.10. The van der Waals surface area contributed by atoms with Crippen LogP contribution in [0.15, 0.2) is 24.3 Å². The van der Waals surface area contributed by atoms with Gasteiger partial charge in [-0.15, -0.1) is 12.4 Å². The molecule has 24 heavy (non-hydrogen) atoms. The van der Waals surface area contributed by atoms with E-state index in [0.29, 0.717) is 38.3 Å². The summed E-state index contributed by atoms with van der Waals surface area (Å²) in [4.78, 5) is 28.3. The standard InChI is InChI=1S/C17H24FN3O2.ClH/c1-13(12-19-2)16(22)20-7-4-8-21(10-9-20)17(23)14-5-3-6-15(18)11-14;/h3,5-6,11,13,19H,4,7-10,12H2,1-2H3;1H. The SMILES string of the molecule is CNCC(C)C(=O)N1CCCN(C(=O)c2cccc(F)c2)CC1.Cl. The molecule has 0 spiro atoms. The van der Waals surface area contributed by atoms with E-state index in [9.17, 15) is 14.0 Å². The summed E-state index contributed by atoms with van der Waals surface area (Å²) < 4.78 is 13.3. The van der Waals surface area contributed by atoms with Crippen LogP contribution >= 0.6 is 12.4 Å². The Kier molecular flexibility index (Phi) is 8.15. The molecule has 1 fully saturated rings. The van der Waals surface area contributed by atoms with Crippen molar-refractivity contribution in [3.63, 3.8) is 0 Å². The first kappa shape index (κ1) is 20.4. The van der Waals surface area contributed by atoms with E-state index in [-0.39, 0.29) is 30.1 Å². The van der Waals surface area contributed by atoms with Gasteiger partial charge in [-0.25, -0.2) is 4.39 Å². The van der Waals surface area contributed by atoms with Crippen LogP contribution in [0.3, 0.4) is 0 Å². The highest BCUT2D eigenvalue weighted by molar-refractivity contribution is 5.94. The largest absolute Gasteiger partial charge is 0.341 e. The molecule has 0 bridgehead atoms. The van der Waals surface area contributed by atoms with Crippen LogP contribution in [0.1, 0.15) is 23.7 Å². The molecule has 1 unspecified atom stereocenters. The number of nitrogens with one attached hydrogen (secondary N) is 1. The second-order valence-electron chi connectivity index (χ2n) is 5.94. The molecule has 134 valence electrons. The van der Waals surface area contributed by atoms with Crippen molar-refractivity contribution in [1.29, 1.82) is 0 Å². The highest BCUT2D eigenvalue weighted by Crippen LogP contribution is 2.12. The minimum atomic E-state index is -0.414. The smallest absolute Gasteiger partial charge is 0.254 e. The van der Waals surface area contributed by atoms with E-state index in [4.69, 9.17) is 0 Å². The third kappa shape index (κ3) is 5.18. The summed E-state index contributed by atoms with van der Waals surface area (Å²) in [6.45, 7) is 4.78. The van der Waals surface area contributed by atoms with E-state index in [1.165, 1.54) is 18.2 Å². The Balaban J connectivity index is 0.00000288. The van der Waals surface area contributed by atoms with Gasteiger partial charge in [0.05, 0.1) is 0 Å². The van der Waals surface area contributed by atoms with Gasteiger partial charge in [-0.2, -0.15) is 0 Å². The first-order valence-corrected chi connectivity index (χ1v) is 8.01. The third-order valence-electron chi connectivity index (χ3n) is 4.10. The molecule has 1 aliphatic rings. The monoisotopic (exact) mass is 357 g/mol. The molecule has 7 heteroatoms. The average Bonchev–Trinajstić information content (AvgIpc) is 2.79. The molecule has 0 radical (unpaired) electrons. The Morgan fingerprint density at radius 3 is 2.54 bits per heavy atom. The Bertz CT molecular complexity index is 571. The van der Waals surface area contributed by atoms with Crippen molar-refractivity contribution in [1.82, 2.24) is 15.1 Å². The van der Waals surface area contributed by atoms with Crippen LogP contribution in [0.2, 0.25) is 0 Å². The van der Waals surface area contributed by atoms with Gasteiger partial charge in [0, 0.05) is 44.2 Å². The summed E-state index contributed by atoms with van der Waals surface area (Å²) in [5.74, 6) is -0.560. The minimum absolute atomic E-state index is 0. The quantitative estimate of drug-likeness (QED) is 0.893. The number of halogens is 2. The van der Waals surface area contributed by atoms with Gasteiger partial charge in [0.2, 0.25) is 5.91 Å². The zero-order chi connectivity index (χ0) is 16.8. The summed E-state index contributed by atoms with van der Waals surface area (Å²) in [7, 11) is 1.82. The van der Waals surface area contributed by atoms with Crippen LogP contribution < -0.4 is 5.32 Å². The number of hydrogen-bond donors (Lipinski definition) is 1. The second kappa shape index (κ2) is 9.59. The average molecular weight is 358 g/mol. The molecule has 1 aromatic rings. The van der Waals surface area contributed by atoms with Crippen molar-refractivity contribution >= 4 is 24.2 Å². The zero-order valence-corrected chi connectivity index (χ0v) is 14.9. The fourth-order valence-corrected chi connectivity index (χ4v) is 2.85. The van der Waals surface area contributed by atoms with Crippen molar-refractivity contribution in [2.24, 2.45) is 5.92 Å². The van der Waals surface area contributed by atoms with Crippen molar-refractivity contribution in [2.75, 3.05) is 39.8 Å². The predicted octanol–water partition coefficient (Wildman–Crippen LogP) is 1.78. The van der Waals surface area contributed by atoms with Crippen LogP contribution in [0.5, 0.6) is 0 Å². The molecule has 0 aromatic heterocycles. The minimum Gasteiger partial charge on any atom is -0.341 e. The maximum atomic E-state index is 13.3. The molecule has 1 saturated heterocycles.